The maximum atomic E-state index is 14.4. The van der Waals surface area contributed by atoms with Gasteiger partial charge in [-0.2, -0.15) is 0 Å². The van der Waals surface area contributed by atoms with Gasteiger partial charge in [-0.25, -0.2) is 4.39 Å². The molecule has 0 amide bonds. The molecular formula is C22H27FN4O. The van der Waals surface area contributed by atoms with E-state index in [1.54, 1.807) is 19.2 Å². The highest BCUT2D eigenvalue weighted by Crippen LogP contribution is 2.37. The molecule has 0 bridgehead atoms. The van der Waals surface area contributed by atoms with Gasteiger partial charge in [0.15, 0.2) is 0 Å². The molecule has 2 aliphatic heterocycles. The topological polar surface area (TPSA) is 40.6 Å². The van der Waals surface area contributed by atoms with Crippen LogP contribution in [0.25, 0.3) is 5.57 Å². The van der Waals surface area contributed by atoms with Gasteiger partial charge < -0.3 is 19.9 Å². The molecule has 0 radical (unpaired) electrons. The Morgan fingerprint density at radius 1 is 1.14 bits per heavy atom. The van der Waals surface area contributed by atoms with Crippen LogP contribution in [0, 0.1) is 12.7 Å². The van der Waals surface area contributed by atoms with Gasteiger partial charge in [0, 0.05) is 38.8 Å². The smallest absolute Gasteiger partial charge is 0.134 e. The van der Waals surface area contributed by atoms with Crippen LogP contribution in [-0.4, -0.2) is 50.2 Å². The number of benzene rings is 1. The number of anilines is 1. The summed E-state index contributed by atoms with van der Waals surface area (Å²) in [7, 11) is 3.73. The number of piperazine rings is 1. The monoisotopic (exact) mass is 382 g/mol. The molecule has 0 aliphatic carbocycles. The third-order valence-corrected chi connectivity index (χ3v) is 5.68. The molecule has 3 heterocycles. The zero-order valence-corrected chi connectivity index (χ0v) is 16.7. The first-order valence-electron chi connectivity index (χ1n) is 9.76. The van der Waals surface area contributed by atoms with E-state index < -0.39 is 0 Å². The molecule has 2 aliphatic rings. The average Bonchev–Trinajstić information content (AvgIpc) is 3.18. The summed E-state index contributed by atoms with van der Waals surface area (Å²) < 4.78 is 19.8. The number of ether oxygens (including phenoxy) is 1. The van der Waals surface area contributed by atoms with Crippen LogP contribution in [0.3, 0.4) is 0 Å². The lowest BCUT2D eigenvalue weighted by atomic mass is 9.99. The van der Waals surface area contributed by atoms with Gasteiger partial charge >= 0.3 is 0 Å². The van der Waals surface area contributed by atoms with Crippen molar-refractivity contribution in [2.24, 2.45) is 0 Å². The van der Waals surface area contributed by atoms with E-state index in [0.717, 1.165) is 43.1 Å². The van der Waals surface area contributed by atoms with Crippen LogP contribution >= 0.6 is 0 Å². The van der Waals surface area contributed by atoms with Crippen LogP contribution in [0.5, 0.6) is 5.75 Å². The first-order valence-corrected chi connectivity index (χ1v) is 9.76. The number of methoxy groups -OCH3 is 1. The van der Waals surface area contributed by atoms with Crippen LogP contribution in [0.4, 0.5) is 10.1 Å². The molecule has 5 nitrogen and oxygen atoms in total. The van der Waals surface area contributed by atoms with Gasteiger partial charge in [0.2, 0.25) is 0 Å². The number of halogens is 1. The van der Waals surface area contributed by atoms with Gasteiger partial charge in [-0.05, 0) is 43.8 Å². The van der Waals surface area contributed by atoms with Crippen molar-refractivity contribution in [1.82, 2.24) is 15.2 Å². The lowest BCUT2D eigenvalue weighted by Gasteiger charge is -2.34. The van der Waals surface area contributed by atoms with E-state index in [4.69, 9.17) is 9.72 Å². The van der Waals surface area contributed by atoms with Gasteiger partial charge in [0.05, 0.1) is 35.8 Å². The van der Waals surface area contributed by atoms with Gasteiger partial charge in [-0.15, -0.1) is 0 Å². The second-order valence-electron chi connectivity index (χ2n) is 7.54. The molecule has 0 spiro atoms. The zero-order chi connectivity index (χ0) is 19.7. The summed E-state index contributed by atoms with van der Waals surface area (Å²) in [4.78, 5) is 9.62. The van der Waals surface area contributed by atoms with Gasteiger partial charge in [0.25, 0.3) is 0 Å². The molecule has 28 heavy (non-hydrogen) atoms. The molecule has 1 aromatic heterocycles. The highest BCUT2D eigenvalue weighted by molar-refractivity contribution is 5.73. The Morgan fingerprint density at radius 3 is 2.64 bits per heavy atom. The fraction of sp³-hybridized carbons (Fsp3) is 0.409. The molecule has 1 aromatic carbocycles. The first kappa shape index (κ1) is 18.7. The van der Waals surface area contributed by atoms with Crippen molar-refractivity contribution in [2.75, 3.05) is 45.2 Å². The Kier molecular flexibility index (Phi) is 5.22. The van der Waals surface area contributed by atoms with Crippen molar-refractivity contribution in [3.8, 4) is 5.75 Å². The zero-order valence-electron chi connectivity index (χ0n) is 16.7. The summed E-state index contributed by atoms with van der Waals surface area (Å²) in [5.41, 5.74) is 4.67. The van der Waals surface area contributed by atoms with E-state index in [2.05, 4.69) is 41.2 Å². The molecule has 1 saturated heterocycles. The van der Waals surface area contributed by atoms with Crippen molar-refractivity contribution in [1.29, 1.82) is 0 Å². The number of nitrogens with one attached hydrogen (secondary N) is 1. The number of likely N-dealkylation sites (N-methyl/N-ethyl adjacent to an activating group) is 1. The van der Waals surface area contributed by atoms with Crippen molar-refractivity contribution in [3.05, 3.63) is 59.3 Å². The first-order chi connectivity index (χ1) is 13.6. The number of aromatic nitrogens is 1. The van der Waals surface area contributed by atoms with E-state index in [9.17, 15) is 4.39 Å². The second kappa shape index (κ2) is 7.80. The molecule has 2 aromatic rings. The van der Waals surface area contributed by atoms with Crippen molar-refractivity contribution < 1.29 is 9.13 Å². The van der Waals surface area contributed by atoms with Crippen LogP contribution < -0.4 is 15.0 Å². The predicted molar refractivity (Wildman–Crippen MR) is 110 cm³/mol. The Balaban J connectivity index is 1.51. The number of rotatable bonds is 4. The Morgan fingerprint density at radius 2 is 1.93 bits per heavy atom. The van der Waals surface area contributed by atoms with Crippen molar-refractivity contribution in [3.63, 3.8) is 0 Å². The molecular weight excluding hydrogens is 355 g/mol. The summed E-state index contributed by atoms with van der Waals surface area (Å²) in [6.07, 6.45) is 2.56. The predicted octanol–water partition coefficient (Wildman–Crippen LogP) is 3.37. The fourth-order valence-corrected chi connectivity index (χ4v) is 4.04. The van der Waals surface area contributed by atoms with Crippen LogP contribution in [-0.2, 0) is 0 Å². The van der Waals surface area contributed by atoms with E-state index in [1.165, 1.54) is 11.8 Å². The van der Waals surface area contributed by atoms with Crippen LogP contribution in [0.2, 0.25) is 0 Å². The molecule has 148 valence electrons. The molecule has 1 N–H and O–H groups in total. The second-order valence-corrected chi connectivity index (χ2v) is 7.54. The van der Waals surface area contributed by atoms with Gasteiger partial charge in [-0.1, -0.05) is 6.07 Å². The van der Waals surface area contributed by atoms with Crippen molar-refractivity contribution in [2.45, 2.75) is 19.4 Å². The van der Waals surface area contributed by atoms with Gasteiger partial charge in [0.1, 0.15) is 11.6 Å². The maximum absolute atomic E-state index is 14.4. The molecule has 6 heteroatoms. The Bertz CT molecular complexity index is 890. The van der Waals surface area contributed by atoms with Gasteiger partial charge in [-0.3, -0.25) is 4.98 Å². The molecule has 4 rings (SSSR count). The Labute approximate surface area is 165 Å². The number of hydrogen-bond donors (Lipinski definition) is 1. The van der Waals surface area contributed by atoms with E-state index in [-0.39, 0.29) is 11.9 Å². The normalized spacial score (nSPS) is 20.1. The third kappa shape index (κ3) is 3.56. The van der Waals surface area contributed by atoms with Crippen LogP contribution in [0.15, 0.2) is 36.5 Å². The summed E-state index contributed by atoms with van der Waals surface area (Å²) in [5, 5.41) is 3.36. The quantitative estimate of drug-likeness (QED) is 0.878. The minimum Gasteiger partial charge on any atom is -0.496 e. The van der Waals surface area contributed by atoms with E-state index in [0.29, 0.717) is 17.7 Å². The lowest BCUT2D eigenvalue weighted by Crippen LogP contribution is -2.44. The number of nitrogens with zero attached hydrogens (tertiary/aromatic N) is 3. The van der Waals surface area contributed by atoms with E-state index in [1.807, 2.05) is 6.20 Å². The number of aryl methyl sites for hydroxylation is 1. The highest BCUT2D eigenvalue weighted by atomic mass is 19.1. The van der Waals surface area contributed by atoms with Crippen LogP contribution in [0.1, 0.15) is 29.4 Å². The number of pyridine rings is 1. The maximum Gasteiger partial charge on any atom is 0.134 e. The standard InChI is InChI=1S/C22H27FN4O/c1-15-20(27-11-9-26(2)10-12-27)8-7-18(25-15)19-13-16(14-24-19)22-17(23)5-4-6-21(22)28-3/h4-8,14,19,24H,9-13H2,1-3H3. The summed E-state index contributed by atoms with van der Waals surface area (Å²) in [5.74, 6) is 0.297. The largest absolute Gasteiger partial charge is 0.496 e. The fourth-order valence-electron chi connectivity index (χ4n) is 4.04. The minimum absolute atomic E-state index is 0.0413. The molecule has 1 unspecified atom stereocenters. The lowest BCUT2D eigenvalue weighted by molar-refractivity contribution is 0.312. The average molecular weight is 382 g/mol. The highest BCUT2D eigenvalue weighted by Gasteiger charge is 2.25. The summed E-state index contributed by atoms with van der Waals surface area (Å²) >= 11 is 0. The summed E-state index contributed by atoms with van der Waals surface area (Å²) in [6, 6.07) is 9.23. The minimum atomic E-state index is -0.261. The third-order valence-electron chi connectivity index (χ3n) is 5.68. The number of hydrogen-bond acceptors (Lipinski definition) is 5. The molecule has 0 saturated carbocycles. The van der Waals surface area contributed by atoms with E-state index >= 15 is 0 Å². The Hall–Kier alpha value is -2.60. The SMILES string of the molecule is COc1cccc(F)c1C1=CNC(c2ccc(N3CCN(C)CC3)c(C)n2)C1. The molecule has 1 atom stereocenters. The molecule has 1 fully saturated rings. The summed E-state index contributed by atoms with van der Waals surface area (Å²) in [6.45, 7) is 6.27. The van der Waals surface area contributed by atoms with Crippen molar-refractivity contribution >= 4 is 11.3 Å².